The number of hydrazone groups is 1. The van der Waals surface area contributed by atoms with Gasteiger partial charge in [0.25, 0.3) is 5.91 Å². The van der Waals surface area contributed by atoms with Crippen molar-refractivity contribution in [2.24, 2.45) is 5.10 Å². The molecule has 0 atom stereocenters. The molecule has 2 N–H and O–H groups in total. The van der Waals surface area contributed by atoms with E-state index in [-0.39, 0.29) is 11.7 Å². The fraction of sp³-hybridized carbons (Fsp3) is 0.105. The maximum absolute atomic E-state index is 12.5. The maximum atomic E-state index is 12.5. The third-order valence-electron chi connectivity index (χ3n) is 3.68. The molecule has 0 aliphatic rings. The summed E-state index contributed by atoms with van der Waals surface area (Å²) in [5, 5.41) is 14.4. The zero-order valence-electron chi connectivity index (χ0n) is 13.2. The molecule has 0 fully saturated rings. The van der Waals surface area contributed by atoms with Gasteiger partial charge in [-0.2, -0.15) is 5.10 Å². The SMILES string of the molecule is CCc1cc(C(=O)N/N=C/c2ccccc2O)c2ccccc2n1. The minimum atomic E-state index is -0.310. The number of carbonyl (C=O) groups excluding carboxylic acids is 1. The lowest BCUT2D eigenvalue weighted by Crippen LogP contribution is -2.18. The first kappa shape index (κ1) is 15.7. The van der Waals surface area contributed by atoms with Gasteiger partial charge < -0.3 is 5.11 Å². The molecule has 0 unspecified atom stereocenters. The fourth-order valence-corrected chi connectivity index (χ4v) is 2.42. The number of aromatic hydroxyl groups is 1. The first-order valence-electron chi connectivity index (χ1n) is 7.69. The number of fused-ring (bicyclic) bond motifs is 1. The molecule has 3 rings (SSSR count). The van der Waals surface area contributed by atoms with Crippen LogP contribution in [0.25, 0.3) is 10.9 Å². The number of aryl methyl sites for hydroxylation is 1. The van der Waals surface area contributed by atoms with Crippen LogP contribution in [0.15, 0.2) is 59.7 Å². The van der Waals surface area contributed by atoms with Gasteiger partial charge in [0.15, 0.2) is 0 Å². The van der Waals surface area contributed by atoms with Crippen LogP contribution in [0.5, 0.6) is 5.75 Å². The van der Waals surface area contributed by atoms with E-state index < -0.39 is 0 Å². The molecule has 1 amide bonds. The van der Waals surface area contributed by atoms with Crippen molar-refractivity contribution in [1.29, 1.82) is 0 Å². The number of phenolic OH excluding ortho intramolecular Hbond substituents is 1. The molecule has 1 heterocycles. The van der Waals surface area contributed by atoms with Gasteiger partial charge in [-0.1, -0.05) is 37.3 Å². The molecule has 0 radical (unpaired) electrons. The van der Waals surface area contributed by atoms with Crippen LogP contribution in [0.4, 0.5) is 0 Å². The van der Waals surface area contributed by atoms with Crippen LogP contribution in [0.2, 0.25) is 0 Å². The van der Waals surface area contributed by atoms with Crippen LogP contribution in [0.3, 0.4) is 0 Å². The molecule has 0 saturated heterocycles. The average molecular weight is 319 g/mol. The molecule has 5 heteroatoms. The highest BCUT2D eigenvalue weighted by Crippen LogP contribution is 2.19. The van der Waals surface area contributed by atoms with Crippen LogP contribution in [0, 0.1) is 0 Å². The third kappa shape index (κ3) is 3.25. The van der Waals surface area contributed by atoms with Gasteiger partial charge in [-0.15, -0.1) is 0 Å². The van der Waals surface area contributed by atoms with Crippen molar-refractivity contribution in [2.45, 2.75) is 13.3 Å². The molecular weight excluding hydrogens is 302 g/mol. The summed E-state index contributed by atoms with van der Waals surface area (Å²) in [7, 11) is 0. The van der Waals surface area contributed by atoms with Gasteiger partial charge in [0, 0.05) is 16.6 Å². The highest BCUT2D eigenvalue weighted by molar-refractivity contribution is 6.06. The lowest BCUT2D eigenvalue weighted by atomic mass is 10.1. The van der Waals surface area contributed by atoms with Gasteiger partial charge >= 0.3 is 0 Å². The van der Waals surface area contributed by atoms with E-state index in [4.69, 9.17) is 0 Å². The Bertz CT molecular complexity index is 919. The molecule has 0 saturated carbocycles. The number of carbonyl (C=O) groups is 1. The predicted octanol–water partition coefficient (Wildman–Crippen LogP) is 3.27. The van der Waals surface area contributed by atoms with E-state index in [1.807, 2.05) is 31.2 Å². The summed E-state index contributed by atoms with van der Waals surface area (Å²) in [6.45, 7) is 2.00. The van der Waals surface area contributed by atoms with E-state index in [9.17, 15) is 9.90 Å². The molecule has 5 nitrogen and oxygen atoms in total. The Morgan fingerprint density at radius 2 is 1.96 bits per heavy atom. The number of aromatic nitrogens is 1. The number of amides is 1. The first-order chi connectivity index (χ1) is 11.7. The number of hydrogen-bond donors (Lipinski definition) is 2. The summed E-state index contributed by atoms with van der Waals surface area (Å²) in [5.74, 6) is -0.201. The van der Waals surface area contributed by atoms with Crippen molar-refractivity contribution in [2.75, 3.05) is 0 Å². The number of rotatable bonds is 4. The molecule has 2 aromatic carbocycles. The molecule has 0 spiro atoms. The summed E-state index contributed by atoms with van der Waals surface area (Å²) in [4.78, 5) is 17.0. The number of hydrogen-bond acceptors (Lipinski definition) is 4. The number of phenols is 1. The third-order valence-corrected chi connectivity index (χ3v) is 3.68. The second kappa shape index (κ2) is 6.91. The van der Waals surface area contributed by atoms with Crippen LogP contribution < -0.4 is 5.43 Å². The lowest BCUT2D eigenvalue weighted by Gasteiger charge is -2.07. The van der Waals surface area contributed by atoms with Crippen LogP contribution in [0.1, 0.15) is 28.5 Å². The van der Waals surface area contributed by atoms with Crippen LogP contribution in [-0.2, 0) is 6.42 Å². The Morgan fingerprint density at radius 3 is 2.75 bits per heavy atom. The molecule has 3 aromatic rings. The van der Waals surface area contributed by atoms with Gasteiger partial charge in [-0.05, 0) is 30.7 Å². The molecule has 0 aliphatic carbocycles. The van der Waals surface area contributed by atoms with E-state index in [1.165, 1.54) is 6.21 Å². The zero-order valence-corrected chi connectivity index (χ0v) is 13.2. The van der Waals surface area contributed by atoms with E-state index in [2.05, 4.69) is 15.5 Å². The molecular formula is C19H17N3O2. The molecule has 1 aromatic heterocycles. The zero-order chi connectivity index (χ0) is 16.9. The number of para-hydroxylation sites is 2. The lowest BCUT2D eigenvalue weighted by molar-refractivity contribution is 0.0956. The highest BCUT2D eigenvalue weighted by Gasteiger charge is 2.11. The normalized spacial score (nSPS) is 11.0. The minimum absolute atomic E-state index is 0.109. The monoisotopic (exact) mass is 319 g/mol. The summed E-state index contributed by atoms with van der Waals surface area (Å²) in [6, 6.07) is 16.1. The fourth-order valence-electron chi connectivity index (χ4n) is 2.42. The van der Waals surface area contributed by atoms with Crippen molar-refractivity contribution >= 4 is 23.0 Å². The van der Waals surface area contributed by atoms with Crippen molar-refractivity contribution in [3.63, 3.8) is 0 Å². The largest absolute Gasteiger partial charge is 0.507 e. The summed E-state index contributed by atoms with van der Waals surface area (Å²) in [6.07, 6.45) is 2.16. The van der Waals surface area contributed by atoms with Crippen molar-refractivity contribution in [3.05, 3.63) is 71.4 Å². The second-order valence-corrected chi connectivity index (χ2v) is 5.29. The summed E-state index contributed by atoms with van der Waals surface area (Å²) in [5.41, 5.74) is 5.21. The number of nitrogens with one attached hydrogen (secondary N) is 1. The van der Waals surface area contributed by atoms with E-state index in [0.29, 0.717) is 11.1 Å². The van der Waals surface area contributed by atoms with E-state index in [1.54, 1.807) is 30.3 Å². The Balaban J connectivity index is 1.87. The Kier molecular flexibility index (Phi) is 4.52. The average Bonchev–Trinajstić information content (AvgIpc) is 2.62. The molecule has 0 aliphatic heterocycles. The van der Waals surface area contributed by atoms with Gasteiger partial charge in [0.05, 0.1) is 17.3 Å². The number of pyridine rings is 1. The maximum Gasteiger partial charge on any atom is 0.272 e. The van der Waals surface area contributed by atoms with Gasteiger partial charge in [-0.3, -0.25) is 9.78 Å². The highest BCUT2D eigenvalue weighted by atomic mass is 16.3. The van der Waals surface area contributed by atoms with E-state index >= 15 is 0 Å². The Hall–Kier alpha value is -3.21. The quantitative estimate of drug-likeness (QED) is 0.572. The van der Waals surface area contributed by atoms with Crippen LogP contribution >= 0.6 is 0 Å². The molecule has 120 valence electrons. The Labute approximate surface area is 139 Å². The predicted molar refractivity (Wildman–Crippen MR) is 94.3 cm³/mol. The molecule has 24 heavy (non-hydrogen) atoms. The number of benzene rings is 2. The van der Waals surface area contributed by atoms with Crippen LogP contribution in [-0.4, -0.2) is 22.2 Å². The van der Waals surface area contributed by atoms with Crippen molar-refractivity contribution in [3.8, 4) is 5.75 Å². The summed E-state index contributed by atoms with van der Waals surface area (Å²) < 4.78 is 0. The first-order valence-corrected chi connectivity index (χ1v) is 7.69. The topological polar surface area (TPSA) is 74.6 Å². The minimum Gasteiger partial charge on any atom is -0.507 e. The Morgan fingerprint density at radius 1 is 1.21 bits per heavy atom. The second-order valence-electron chi connectivity index (χ2n) is 5.29. The molecule has 0 bridgehead atoms. The summed E-state index contributed by atoms with van der Waals surface area (Å²) >= 11 is 0. The van der Waals surface area contributed by atoms with E-state index in [0.717, 1.165) is 23.0 Å². The number of nitrogens with zero attached hydrogens (tertiary/aromatic N) is 2. The standard InChI is InChI=1S/C19H17N3O2/c1-2-14-11-16(15-8-4-5-9-17(15)21-14)19(24)22-20-12-13-7-3-6-10-18(13)23/h3-12,23H,2H2,1H3,(H,22,24)/b20-12+. The van der Waals surface area contributed by atoms with Gasteiger partial charge in [0.1, 0.15) is 5.75 Å². The smallest absolute Gasteiger partial charge is 0.272 e. The van der Waals surface area contributed by atoms with Crippen molar-refractivity contribution in [1.82, 2.24) is 10.4 Å². The van der Waals surface area contributed by atoms with Gasteiger partial charge in [-0.25, -0.2) is 5.43 Å². The van der Waals surface area contributed by atoms with Crippen molar-refractivity contribution < 1.29 is 9.90 Å². The van der Waals surface area contributed by atoms with Gasteiger partial charge in [0.2, 0.25) is 0 Å².